The minimum absolute atomic E-state index is 0.878. The number of aryl methyl sites for hydroxylation is 3. The van der Waals surface area contributed by atoms with Crippen LogP contribution >= 0.6 is 0 Å². The Kier molecular flexibility index (Phi) is 2.35. The number of hydrogen-bond acceptors (Lipinski definition) is 1. The van der Waals surface area contributed by atoms with Gasteiger partial charge in [-0.1, -0.05) is 17.7 Å². The highest BCUT2D eigenvalue weighted by atomic mass is 16.4. The van der Waals surface area contributed by atoms with Crippen LogP contribution < -0.4 is 0 Å². The average Bonchev–Trinajstić information content (AvgIpc) is 1.96. The summed E-state index contributed by atoms with van der Waals surface area (Å²) < 4.78 is 0. The van der Waals surface area contributed by atoms with Crippen LogP contribution in [0.15, 0.2) is 12.1 Å². The van der Waals surface area contributed by atoms with Crippen LogP contribution in [0.1, 0.15) is 22.3 Å². The van der Waals surface area contributed by atoms with E-state index in [0.717, 1.165) is 16.7 Å². The molecule has 0 saturated carbocycles. The van der Waals surface area contributed by atoms with Gasteiger partial charge < -0.3 is 0 Å². The van der Waals surface area contributed by atoms with E-state index in [4.69, 9.17) is 5.21 Å². The molecule has 1 rings (SSSR count). The molecule has 1 aromatic rings. The molecular weight excluding hydrogens is 150 g/mol. The Morgan fingerprint density at radius 2 is 1.67 bits per heavy atom. The predicted molar refractivity (Wildman–Crippen MR) is 48.8 cm³/mol. The first-order chi connectivity index (χ1) is 5.65. The minimum Gasteiger partial charge on any atom is -0.177 e. The van der Waals surface area contributed by atoms with Gasteiger partial charge in [-0.15, -0.1) is 0 Å². The molecule has 0 aliphatic carbocycles. The van der Waals surface area contributed by atoms with Crippen LogP contribution in [0.3, 0.4) is 0 Å². The first kappa shape index (κ1) is 8.61. The van der Waals surface area contributed by atoms with Gasteiger partial charge in [0.1, 0.15) is 5.56 Å². The van der Waals surface area contributed by atoms with Crippen molar-refractivity contribution in [1.29, 1.82) is 0 Å². The zero-order chi connectivity index (χ0) is 9.14. The van der Waals surface area contributed by atoms with Crippen molar-refractivity contribution in [3.63, 3.8) is 0 Å². The quantitative estimate of drug-likeness (QED) is 0.583. The fourth-order valence-electron chi connectivity index (χ4n) is 1.41. The number of rotatable bonds is 0. The van der Waals surface area contributed by atoms with Gasteiger partial charge in [-0.25, -0.2) is 0 Å². The van der Waals surface area contributed by atoms with Crippen molar-refractivity contribution in [1.82, 2.24) is 0 Å². The highest BCUT2D eigenvalue weighted by Crippen LogP contribution is 2.14. The zero-order valence-electron chi connectivity index (χ0n) is 7.55. The molecule has 0 radical (unpaired) electrons. The van der Waals surface area contributed by atoms with Crippen molar-refractivity contribution in [2.75, 3.05) is 0 Å². The normalized spacial score (nSPS) is 8.92. The average molecular weight is 162 g/mol. The standard InChI is InChI=1S/C10H11NO/c1-7-4-8(2)10(6-11-12)9(3)5-7/h4-5H,1-3H3/p+1. The van der Waals surface area contributed by atoms with E-state index in [1.54, 1.807) is 0 Å². The molecule has 0 atom stereocenters. The first-order valence-corrected chi connectivity index (χ1v) is 3.83. The second-order valence-corrected chi connectivity index (χ2v) is 2.99. The third-order valence-corrected chi connectivity index (χ3v) is 1.84. The van der Waals surface area contributed by atoms with Gasteiger partial charge in [0.05, 0.1) is 0 Å². The largest absolute Gasteiger partial charge is 0.388 e. The van der Waals surface area contributed by atoms with Crippen LogP contribution in [0.25, 0.3) is 5.01 Å². The fourth-order valence-corrected chi connectivity index (χ4v) is 1.41. The lowest BCUT2D eigenvalue weighted by Gasteiger charge is -2.00. The maximum atomic E-state index is 8.35. The summed E-state index contributed by atoms with van der Waals surface area (Å²) in [5.74, 6) is 0. The summed E-state index contributed by atoms with van der Waals surface area (Å²) in [5.41, 5.74) is 4.27. The summed E-state index contributed by atoms with van der Waals surface area (Å²) in [4.78, 5) is 0. The van der Waals surface area contributed by atoms with Crippen LogP contribution in [0, 0.1) is 26.8 Å². The molecule has 0 spiro atoms. The summed E-state index contributed by atoms with van der Waals surface area (Å²) in [6, 6.07) is 6.64. The van der Waals surface area contributed by atoms with Gasteiger partial charge in [-0.3, -0.25) is 0 Å². The number of benzene rings is 1. The molecule has 2 heteroatoms. The van der Waals surface area contributed by atoms with E-state index in [2.05, 4.69) is 11.1 Å². The molecule has 62 valence electrons. The Bertz CT molecular complexity index is 335. The molecule has 2 nitrogen and oxygen atoms in total. The summed E-state index contributed by atoms with van der Waals surface area (Å²) in [7, 11) is 0. The van der Waals surface area contributed by atoms with Crippen molar-refractivity contribution in [2.24, 2.45) is 0 Å². The molecule has 1 N–H and O–H groups in total. The van der Waals surface area contributed by atoms with E-state index in [9.17, 15) is 0 Å². The molecule has 1 aromatic carbocycles. The highest BCUT2D eigenvalue weighted by Gasteiger charge is 2.06. The smallest absolute Gasteiger partial charge is 0.177 e. The van der Waals surface area contributed by atoms with Crippen molar-refractivity contribution in [3.8, 4) is 6.07 Å². The van der Waals surface area contributed by atoms with Gasteiger partial charge in [0.2, 0.25) is 5.01 Å². The first-order valence-electron chi connectivity index (χ1n) is 3.83. The molecule has 0 bridgehead atoms. The van der Waals surface area contributed by atoms with Crippen LogP contribution in [-0.4, -0.2) is 5.21 Å². The number of hydrogen-bond donors (Lipinski definition) is 1. The van der Waals surface area contributed by atoms with Gasteiger partial charge in [-0.2, -0.15) is 5.21 Å². The molecule has 0 amide bonds. The molecule has 0 unspecified atom stereocenters. The summed E-state index contributed by atoms with van der Waals surface area (Å²) >= 11 is 0. The maximum Gasteiger partial charge on any atom is 0.388 e. The third kappa shape index (κ3) is 1.57. The third-order valence-electron chi connectivity index (χ3n) is 1.84. The lowest BCUT2D eigenvalue weighted by atomic mass is 10.0. The monoisotopic (exact) mass is 162 g/mol. The van der Waals surface area contributed by atoms with Crippen LogP contribution in [0.4, 0.5) is 0 Å². The van der Waals surface area contributed by atoms with Crippen molar-refractivity contribution < 1.29 is 5.21 Å². The molecule has 12 heavy (non-hydrogen) atoms. The van der Waals surface area contributed by atoms with Gasteiger partial charge in [-0.05, 0) is 31.9 Å². The van der Waals surface area contributed by atoms with Crippen LogP contribution in [-0.2, 0) is 0 Å². The van der Waals surface area contributed by atoms with Crippen molar-refractivity contribution in [2.45, 2.75) is 20.8 Å². The van der Waals surface area contributed by atoms with E-state index >= 15 is 0 Å². The van der Waals surface area contributed by atoms with Crippen molar-refractivity contribution >= 4 is 0 Å². The van der Waals surface area contributed by atoms with E-state index in [1.165, 1.54) is 5.56 Å². The van der Waals surface area contributed by atoms with Gasteiger partial charge in [0.25, 0.3) is 0 Å². The van der Waals surface area contributed by atoms with Crippen molar-refractivity contribution in [3.05, 3.63) is 39.4 Å². The van der Waals surface area contributed by atoms with Crippen LogP contribution in [0.5, 0.6) is 0 Å². The Labute approximate surface area is 72.2 Å². The zero-order valence-corrected chi connectivity index (χ0v) is 7.55. The van der Waals surface area contributed by atoms with E-state index < -0.39 is 0 Å². The van der Waals surface area contributed by atoms with Gasteiger partial charge >= 0.3 is 6.07 Å². The Balaban J connectivity index is 3.34. The highest BCUT2D eigenvalue weighted by molar-refractivity contribution is 5.46. The Morgan fingerprint density at radius 1 is 1.17 bits per heavy atom. The molecule has 0 aromatic heterocycles. The molecule has 0 saturated heterocycles. The summed E-state index contributed by atoms with van der Waals surface area (Å²) in [5, 5.41) is 11.3. The maximum absolute atomic E-state index is 8.35. The predicted octanol–water partition coefficient (Wildman–Crippen LogP) is 2.68. The fraction of sp³-hybridized carbons (Fsp3) is 0.300. The molecular formula is C10H12NO+. The van der Waals surface area contributed by atoms with E-state index in [1.807, 2.05) is 32.9 Å². The molecule has 0 aliphatic heterocycles. The Morgan fingerprint density at radius 3 is 2.08 bits per heavy atom. The topological polar surface area (TPSA) is 24.6 Å². The minimum atomic E-state index is 0.878. The Hall–Kier alpha value is -1.49. The SMILES string of the molecule is Cc1cc(C)c(C#[N+]O)c(C)c1. The second-order valence-electron chi connectivity index (χ2n) is 2.99. The number of nitrogens with zero attached hydrogens (tertiary/aromatic N) is 1. The molecule has 0 aliphatic rings. The van der Waals surface area contributed by atoms with Gasteiger partial charge in [0.15, 0.2) is 0 Å². The van der Waals surface area contributed by atoms with E-state index in [-0.39, 0.29) is 0 Å². The lowest BCUT2D eigenvalue weighted by Crippen LogP contribution is -1.88. The summed E-state index contributed by atoms with van der Waals surface area (Å²) in [6.07, 6.45) is 0. The summed E-state index contributed by atoms with van der Waals surface area (Å²) in [6.45, 7) is 6.00. The van der Waals surface area contributed by atoms with E-state index in [0.29, 0.717) is 0 Å². The molecule has 0 fully saturated rings. The second kappa shape index (κ2) is 3.27. The lowest BCUT2D eigenvalue weighted by molar-refractivity contribution is 0.465. The molecule has 0 heterocycles. The van der Waals surface area contributed by atoms with Gasteiger partial charge in [0, 0.05) is 0 Å². The van der Waals surface area contributed by atoms with Crippen LogP contribution in [0.2, 0.25) is 0 Å².